The van der Waals surface area contributed by atoms with Crippen LogP contribution in [0.3, 0.4) is 0 Å². The summed E-state index contributed by atoms with van der Waals surface area (Å²) in [5, 5.41) is 23.0. The number of amides is 1. The van der Waals surface area contributed by atoms with Gasteiger partial charge in [-0.25, -0.2) is 0 Å². The Morgan fingerprint density at radius 2 is 2.15 bits per heavy atom. The lowest BCUT2D eigenvalue weighted by Gasteiger charge is -2.08. The van der Waals surface area contributed by atoms with Gasteiger partial charge >= 0.3 is 0 Å². The average molecular weight is 382 g/mol. The molecule has 1 amide bonds. The van der Waals surface area contributed by atoms with Gasteiger partial charge in [-0.15, -0.1) is 6.42 Å². The molecule has 7 nitrogen and oxygen atoms in total. The van der Waals surface area contributed by atoms with Crippen LogP contribution >= 0.6 is 11.6 Å². The van der Waals surface area contributed by atoms with Crippen molar-refractivity contribution in [2.75, 3.05) is 11.9 Å². The lowest BCUT2D eigenvalue weighted by Crippen LogP contribution is -2.13. The molecule has 0 radical (unpaired) electrons. The van der Waals surface area contributed by atoms with Crippen LogP contribution in [0.25, 0.3) is 6.08 Å². The van der Waals surface area contributed by atoms with E-state index in [2.05, 4.69) is 11.2 Å². The van der Waals surface area contributed by atoms with Crippen molar-refractivity contribution in [3.05, 3.63) is 68.7 Å². The third-order valence-corrected chi connectivity index (χ3v) is 3.50. The Bertz CT molecular complexity index is 1000. The molecule has 0 spiro atoms. The normalized spacial score (nSPS) is 10.4. The van der Waals surface area contributed by atoms with E-state index in [9.17, 15) is 20.2 Å². The third-order valence-electron chi connectivity index (χ3n) is 3.26. The van der Waals surface area contributed by atoms with Crippen LogP contribution in [-0.4, -0.2) is 17.4 Å². The van der Waals surface area contributed by atoms with Gasteiger partial charge < -0.3 is 10.1 Å². The highest BCUT2D eigenvalue weighted by Gasteiger charge is 2.13. The van der Waals surface area contributed by atoms with Crippen molar-refractivity contribution in [1.82, 2.24) is 0 Å². The second-order valence-corrected chi connectivity index (χ2v) is 5.54. The van der Waals surface area contributed by atoms with Crippen molar-refractivity contribution >= 4 is 35.0 Å². The maximum Gasteiger partial charge on any atom is 0.271 e. The van der Waals surface area contributed by atoms with Gasteiger partial charge in [-0.3, -0.25) is 14.9 Å². The fraction of sp³-hybridized carbons (Fsp3) is 0.0526. The molecule has 0 fully saturated rings. The number of nitriles is 1. The van der Waals surface area contributed by atoms with Crippen molar-refractivity contribution in [2.24, 2.45) is 0 Å². The molecular formula is C19H12ClN3O4. The summed E-state index contributed by atoms with van der Waals surface area (Å²) in [6.07, 6.45) is 6.47. The molecule has 8 heteroatoms. The van der Waals surface area contributed by atoms with Gasteiger partial charge in [0.2, 0.25) is 0 Å². The molecule has 0 saturated carbocycles. The molecule has 0 heterocycles. The highest BCUT2D eigenvalue weighted by atomic mass is 35.5. The zero-order valence-corrected chi connectivity index (χ0v) is 14.6. The van der Waals surface area contributed by atoms with E-state index < -0.39 is 10.8 Å². The van der Waals surface area contributed by atoms with E-state index in [1.54, 1.807) is 18.2 Å². The number of hydrogen-bond donors (Lipinski definition) is 1. The minimum Gasteiger partial charge on any atom is -0.480 e. The summed E-state index contributed by atoms with van der Waals surface area (Å²) < 4.78 is 5.37. The molecule has 2 aromatic carbocycles. The van der Waals surface area contributed by atoms with Gasteiger partial charge in [0.25, 0.3) is 11.6 Å². The smallest absolute Gasteiger partial charge is 0.271 e. The molecule has 0 saturated heterocycles. The fourth-order valence-electron chi connectivity index (χ4n) is 2.08. The number of rotatable bonds is 6. The summed E-state index contributed by atoms with van der Waals surface area (Å²) in [5.41, 5.74) is 0.151. The van der Waals surface area contributed by atoms with Crippen molar-refractivity contribution in [2.45, 2.75) is 0 Å². The number of terminal acetylenes is 1. The predicted molar refractivity (Wildman–Crippen MR) is 101 cm³/mol. The fourth-order valence-corrected chi connectivity index (χ4v) is 2.26. The predicted octanol–water partition coefficient (Wildman–Crippen LogP) is 3.81. The van der Waals surface area contributed by atoms with E-state index in [4.69, 9.17) is 22.8 Å². The lowest BCUT2D eigenvalue weighted by atomic mass is 10.1. The van der Waals surface area contributed by atoms with Crippen molar-refractivity contribution < 1.29 is 14.5 Å². The van der Waals surface area contributed by atoms with Gasteiger partial charge in [0.1, 0.15) is 24.0 Å². The number of carbonyl (C=O) groups excluding carboxylic acids is 1. The Morgan fingerprint density at radius 1 is 1.37 bits per heavy atom. The molecule has 0 aliphatic carbocycles. The second-order valence-electron chi connectivity index (χ2n) is 5.11. The number of carbonyl (C=O) groups is 1. The lowest BCUT2D eigenvalue weighted by molar-refractivity contribution is -0.384. The van der Waals surface area contributed by atoms with Crippen LogP contribution in [-0.2, 0) is 4.79 Å². The van der Waals surface area contributed by atoms with E-state index in [1.165, 1.54) is 36.4 Å². The van der Waals surface area contributed by atoms with Crippen molar-refractivity contribution in [1.29, 1.82) is 5.26 Å². The molecule has 27 heavy (non-hydrogen) atoms. The number of hydrogen-bond acceptors (Lipinski definition) is 5. The first-order valence-corrected chi connectivity index (χ1v) is 7.86. The Balaban J connectivity index is 2.31. The maximum absolute atomic E-state index is 12.4. The van der Waals surface area contributed by atoms with Gasteiger partial charge in [0.15, 0.2) is 0 Å². The summed E-state index contributed by atoms with van der Waals surface area (Å²) >= 11 is 5.96. The van der Waals surface area contributed by atoms with Crippen LogP contribution in [0.1, 0.15) is 5.56 Å². The number of benzene rings is 2. The van der Waals surface area contributed by atoms with Gasteiger partial charge in [-0.1, -0.05) is 23.6 Å². The minimum atomic E-state index is -0.735. The van der Waals surface area contributed by atoms with Gasteiger partial charge in [-0.2, -0.15) is 5.26 Å². The molecule has 0 aromatic heterocycles. The van der Waals surface area contributed by atoms with Crippen LogP contribution in [0.5, 0.6) is 5.75 Å². The number of nitrogens with one attached hydrogen (secondary N) is 1. The zero-order valence-electron chi connectivity index (χ0n) is 13.8. The molecule has 0 atom stereocenters. The first-order chi connectivity index (χ1) is 12.9. The van der Waals surface area contributed by atoms with Gasteiger partial charge in [0, 0.05) is 28.4 Å². The number of non-ortho nitro benzene ring substituents is 1. The van der Waals surface area contributed by atoms with Crippen LogP contribution in [0.4, 0.5) is 11.4 Å². The quantitative estimate of drug-likeness (QED) is 0.269. The Morgan fingerprint density at radius 3 is 2.81 bits per heavy atom. The SMILES string of the molecule is C#CCOc1ccc(Cl)cc1/C=C(\C#N)C(=O)Nc1cccc([N+](=O)[O-])c1. The van der Waals surface area contributed by atoms with Gasteiger partial charge in [0.05, 0.1) is 4.92 Å². The van der Waals surface area contributed by atoms with Crippen molar-refractivity contribution in [3.63, 3.8) is 0 Å². The Hall–Kier alpha value is -3.81. The largest absolute Gasteiger partial charge is 0.480 e. The number of nitro benzene ring substituents is 1. The topological polar surface area (TPSA) is 105 Å². The first-order valence-electron chi connectivity index (χ1n) is 7.48. The molecule has 1 N–H and O–H groups in total. The molecule has 0 bridgehead atoms. The molecule has 0 aliphatic rings. The number of anilines is 1. The van der Waals surface area contributed by atoms with Crippen LogP contribution in [0.2, 0.25) is 5.02 Å². The number of ether oxygens (including phenoxy) is 1. The summed E-state index contributed by atoms with van der Waals surface area (Å²) in [5.74, 6) is 1.94. The third kappa shape index (κ3) is 5.33. The van der Waals surface area contributed by atoms with E-state index >= 15 is 0 Å². The summed E-state index contributed by atoms with van der Waals surface area (Å²) in [6, 6.07) is 11.8. The minimum absolute atomic E-state index is 0.00420. The molecule has 2 rings (SSSR count). The van der Waals surface area contributed by atoms with Crippen LogP contribution in [0, 0.1) is 33.8 Å². The van der Waals surface area contributed by atoms with E-state index in [0.717, 1.165) is 0 Å². The van der Waals surface area contributed by atoms with E-state index in [-0.39, 0.29) is 23.6 Å². The van der Waals surface area contributed by atoms with E-state index in [1.807, 2.05) is 0 Å². The summed E-state index contributed by atoms with van der Waals surface area (Å²) in [6.45, 7) is 0.00420. The summed E-state index contributed by atoms with van der Waals surface area (Å²) in [4.78, 5) is 22.6. The molecule has 134 valence electrons. The number of nitro groups is 1. The highest BCUT2D eigenvalue weighted by Crippen LogP contribution is 2.26. The number of nitrogens with zero attached hydrogens (tertiary/aromatic N) is 2. The molecule has 0 aliphatic heterocycles. The highest BCUT2D eigenvalue weighted by molar-refractivity contribution is 6.30. The standard InChI is InChI=1S/C19H12ClN3O4/c1-2-8-27-18-7-6-15(20)10-13(18)9-14(12-21)19(24)22-16-4-3-5-17(11-16)23(25)26/h1,3-7,9-11H,8H2,(H,22,24)/b14-9+. The number of halogens is 1. The van der Waals surface area contributed by atoms with Crippen LogP contribution < -0.4 is 10.1 Å². The zero-order chi connectivity index (χ0) is 19.8. The molecular weight excluding hydrogens is 370 g/mol. The van der Waals surface area contributed by atoms with Crippen LogP contribution in [0.15, 0.2) is 48.0 Å². The van der Waals surface area contributed by atoms with Crippen molar-refractivity contribution in [3.8, 4) is 24.2 Å². The Kier molecular flexibility index (Phi) is 6.54. The first kappa shape index (κ1) is 19.5. The summed E-state index contributed by atoms with van der Waals surface area (Å²) in [7, 11) is 0. The average Bonchev–Trinajstić information content (AvgIpc) is 2.65. The van der Waals surface area contributed by atoms with Gasteiger partial charge in [-0.05, 0) is 30.3 Å². The molecule has 0 unspecified atom stereocenters. The Labute approximate surface area is 160 Å². The molecule has 2 aromatic rings. The maximum atomic E-state index is 12.4. The van der Waals surface area contributed by atoms with E-state index in [0.29, 0.717) is 16.3 Å². The second kappa shape index (κ2) is 9.04. The monoisotopic (exact) mass is 381 g/mol.